The number of rotatable bonds is 2. The summed E-state index contributed by atoms with van der Waals surface area (Å²) in [5.41, 5.74) is 0.350. The lowest BCUT2D eigenvalue weighted by molar-refractivity contribution is -0.188. The Balaban J connectivity index is 1.51. The monoisotopic (exact) mass is 384 g/mol. The van der Waals surface area contributed by atoms with E-state index in [9.17, 15) is 9.59 Å². The van der Waals surface area contributed by atoms with Crippen LogP contribution >= 0.6 is 23.2 Å². The average molecular weight is 385 g/mol. The summed E-state index contributed by atoms with van der Waals surface area (Å²) in [6.45, 7) is 2.53. The molecule has 1 spiro atoms. The number of piperidine rings is 1. The van der Waals surface area contributed by atoms with Crippen molar-refractivity contribution in [1.82, 2.24) is 4.90 Å². The summed E-state index contributed by atoms with van der Waals surface area (Å²) in [5.74, 6) is -1.01. The Morgan fingerprint density at radius 3 is 2.44 bits per heavy atom. The minimum Gasteiger partial charge on any atom is -0.347 e. The van der Waals surface area contributed by atoms with Crippen LogP contribution in [0.25, 0.3) is 0 Å². The van der Waals surface area contributed by atoms with Gasteiger partial charge in [-0.3, -0.25) is 14.5 Å². The van der Waals surface area contributed by atoms with E-state index in [1.165, 1.54) is 0 Å². The first kappa shape index (κ1) is 17.2. The van der Waals surface area contributed by atoms with Gasteiger partial charge in [0.05, 0.1) is 36.4 Å². The summed E-state index contributed by atoms with van der Waals surface area (Å²) in [7, 11) is 0. The molecule has 3 fully saturated rings. The van der Waals surface area contributed by atoms with Gasteiger partial charge in [-0.1, -0.05) is 23.2 Å². The van der Waals surface area contributed by atoms with E-state index in [0.29, 0.717) is 54.9 Å². The number of likely N-dealkylation sites (tertiary alicyclic amines) is 1. The highest BCUT2D eigenvalue weighted by Crippen LogP contribution is 2.36. The maximum absolute atomic E-state index is 12.9. The van der Waals surface area contributed by atoms with E-state index in [0.717, 1.165) is 4.90 Å². The van der Waals surface area contributed by atoms with Crippen LogP contribution in [0.5, 0.6) is 0 Å². The summed E-state index contributed by atoms with van der Waals surface area (Å²) in [5, 5.41) is 0.760. The number of benzene rings is 1. The average Bonchev–Trinajstić information content (AvgIpc) is 3.16. The van der Waals surface area contributed by atoms with Gasteiger partial charge in [0.15, 0.2) is 5.79 Å². The molecule has 1 aromatic rings. The molecule has 1 aromatic carbocycles. The molecule has 25 heavy (non-hydrogen) atoms. The van der Waals surface area contributed by atoms with Crippen molar-refractivity contribution < 1.29 is 19.1 Å². The number of carbonyl (C=O) groups is 2. The number of anilines is 1. The van der Waals surface area contributed by atoms with Crippen molar-refractivity contribution >= 4 is 40.7 Å². The molecular weight excluding hydrogens is 367 g/mol. The van der Waals surface area contributed by atoms with Crippen molar-refractivity contribution in [3.05, 3.63) is 28.2 Å². The number of imide groups is 1. The lowest BCUT2D eigenvalue weighted by Crippen LogP contribution is -2.51. The largest absolute Gasteiger partial charge is 0.347 e. The minimum atomic E-state index is -0.502. The van der Waals surface area contributed by atoms with Crippen LogP contribution in [-0.4, -0.2) is 54.8 Å². The topological polar surface area (TPSA) is 59.1 Å². The quantitative estimate of drug-likeness (QED) is 0.733. The van der Waals surface area contributed by atoms with Gasteiger partial charge in [0, 0.05) is 31.0 Å². The second-order valence-corrected chi connectivity index (χ2v) is 7.37. The standard InChI is InChI=1S/C17H18Cl2N2O4/c18-11-1-2-12(19)13(9-11)21-15(22)10-14(16(21)23)20-5-3-17(4-6-20)24-7-8-25-17/h1-2,9,14H,3-8,10H2/t14-/m0/s1. The van der Waals surface area contributed by atoms with E-state index in [2.05, 4.69) is 0 Å². The van der Waals surface area contributed by atoms with Gasteiger partial charge in [-0.05, 0) is 18.2 Å². The number of hydrogen-bond donors (Lipinski definition) is 0. The zero-order valence-electron chi connectivity index (χ0n) is 13.5. The Labute approximate surface area is 155 Å². The second-order valence-electron chi connectivity index (χ2n) is 6.53. The molecule has 3 heterocycles. The zero-order chi connectivity index (χ0) is 17.6. The maximum atomic E-state index is 12.9. The van der Waals surface area contributed by atoms with Gasteiger partial charge in [-0.15, -0.1) is 0 Å². The van der Waals surface area contributed by atoms with Crippen LogP contribution in [0, 0.1) is 0 Å². The van der Waals surface area contributed by atoms with E-state index in [1.54, 1.807) is 18.2 Å². The van der Waals surface area contributed by atoms with Crippen LogP contribution in [0.3, 0.4) is 0 Å². The number of ether oxygens (including phenoxy) is 2. The minimum absolute atomic E-state index is 0.149. The van der Waals surface area contributed by atoms with Crippen molar-refractivity contribution in [2.75, 3.05) is 31.2 Å². The van der Waals surface area contributed by atoms with Crippen LogP contribution in [0.15, 0.2) is 18.2 Å². The molecule has 0 N–H and O–H groups in total. The second kappa shape index (κ2) is 6.52. The third-order valence-electron chi connectivity index (χ3n) is 5.09. The van der Waals surface area contributed by atoms with Crippen LogP contribution in [-0.2, 0) is 19.1 Å². The molecule has 4 rings (SSSR count). The Hall–Kier alpha value is -1.18. The first-order chi connectivity index (χ1) is 12.0. The Morgan fingerprint density at radius 1 is 1.08 bits per heavy atom. The van der Waals surface area contributed by atoms with Crippen molar-refractivity contribution in [2.45, 2.75) is 31.1 Å². The zero-order valence-corrected chi connectivity index (χ0v) is 15.1. The molecule has 6 nitrogen and oxygen atoms in total. The van der Waals surface area contributed by atoms with Gasteiger partial charge < -0.3 is 9.47 Å². The normalized spacial score (nSPS) is 26.8. The molecule has 0 radical (unpaired) electrons. The van der Waals surface area contributed by atoms with Gasteiger partial charge in [0.2, 0.25) is 5.91 Å². The van der Waals surface area contributed by atoms with Crippen molar-refractivity contribution in [3.63, 3.8) is 0 Å². The van der Waals surface area contributed by atoms with Gasteiger partial charge >= 0.3 is 0 Å². The fourth-order valence-electron chi connectivity index (χ4n) is 3.77. The molecular formula is C17H18Cl2N2O4. The molecule has 3 aliphatic heterocycles. The maximum Gasteiger partial charge on any atom is 0.251 e. The summed E-state index contributed by atoms with van der Waals surface area (Å²) in [4.78, 5) is 28.6. The first-order valence-electron chi connectivity index (χ1n) is 8.33. The fourth-order valence-corrected chi connectivity index (χ4v) is 4.14. The molecule has 1 atom stereocenters. The molecule has 8 heteroatoms. The Bertz CT molecular complexity index is 711. The van der Waals surface area contributed by atoms with E-state index >= 15 is 0 Å². The number of hydrogen-bond acceptors (Lipinski definition) is 5. The van der Waals surface area contributed by atoms with E-state index in [-0.39, 0.29) is 18.2 Å². The van der Waals surface area contributed by atoms with E-state index in [4.69, 9.17) is 32.7 Å². The van der Waals surface area contributed by atoms with E-state index in [1.807, 2.05) is 4.90 Å². The number of amides is 2. The third kappa shape index (κ3) is 3.06. The number of nitrogens with zero attached hydrogens (tertiary/aromatic N) is 2. The van der Waals surface area contributed by atoms with Crippen LogP contribution in [0.2, 0.25) is 10.0 Å². The van der Waals surface area contributed by atoms with Crippen molar-refractivity contribution in [2.24, 2.45) is 0 Å². The van der Waals surface area contributed by atoms with E-state index < -0.39 is 11.8 Å². The molecule has 0 bridgehead atoms. The highest BCUT2D eigenvalue weighted by molar-refractivity contribution is 6.37. The van der Waals surface area contributed by atoms with Crippen LogP contribution in [0.1, 0.15) is 19.3 Å². The van der Waals surface area contributed by atoms with Gasteiger partial charge in [-0.25, -0.2) is 4.90 Å². The summed E-state index contributed by atoms with van der Waals surface area (Å²) < 4.78 is 11.4. The highest BCUT2D eigenvalue weighted by Gasteiger charge is 2.47. The number of halogens is 2. The lowest BCUT2D eigenvalue weighted by atomic mass is 10.0. The fraction of sp³-hybridized carbons (Fsp3) is 0.529. The molecule has 134 valence electrons. The highest BCUT2D eigenvalue weighted by atomic mass is 35.5. The van der Waals surface area contributed by atoms with Gasteiger partial charge in [-0.2, -0.15) is 0 Å². The summed E-state index contributed by atoms with van der Waals surface area (Å²) >= 11 is 12.2. The Kier molecular flexibility index (Phi) is 4.50. The molecule has 0 aliphatic carbocycles. The summed E-state index contributed by atoms with van der Waals surface area (Å²) in [6.07, 6.45) is 1.54. The van der Waals surface area contributed by atoms with Crippen molar-refractivity contribution in [3.8, 4) is 0 Å². The smallest absolute Gasteiger partial charge is 0.251 e. The van der Waals surface area contributed by atoms with Gasteiger partial charge in [0.1, 0.15) is 0 Å². The molecule has 0 saturated carbocycles. The molecule has 0 unspecified atom stereocenters. The van der Waals surface area contributed by atoms with Crippen LogP contribution < -0.4 is 4.90 Å². The first-order valence-corrected chi connectivity index (χ1v) is 9.08. The van der Waals surface area contributed by atoms with Crippen LogP contribution in [0.4, 0.5) is 5.69 Å². The Morgan fingerprint density at radius 2 is 1.76 bits per heavy atom. The molecule has 3 aliphatic rings. The van der Waals surface area contributed by atoms with Crippen molar-refractivity contribution in [1.29, 1.82) is 0 Å². The molecule has 2 amide bonds. The third-order valence-corrected chi connectivity index (χ3v) is 5.64. The van der Waals surface area contributed by atoms with Gasteiger partial charge in [0.25, 0.3) is 5.91 Å². The molecule has 0 aromatic heterocycles. The lowest BCUT2D eigenvalue weighted by Gasteiger charge is -2.39. The number of carbonyl (C=O) groups excluding carboxylic acids is 2. The predicted molar refractivity (Wildman–Crippen MR) is 92.8 cm³/mol. The SMILES string of the molecule is O=C1C[C@H](N2CCC3(CC2)OCCO3)C(=O)N1c1cc(Cl)ccc1Cl. The molecule has 3 saturated heterocycles. The summed E-state index contributed by atoms with van der Waals surface area (Å²) in [6, 6.07) is 4.29. The predicted octanol–water partition coefficient (Wildman–Crippen LogP) is 2.46.